The average molecular weight is 351 g/mol. The van der Waals surface area contributed by atoms with Crippen molar-refractivity contribution in [2.24, 2.45) is 0 Å². The summed E-state index contributed by atoms with van der Waals surface area (Å²) in [7, 11) is 0. The van der Waals surface area contributed by atoms with E-state index in [0.29, 0.717) is 17.2 Å². The lowest BCUT2D eigenvalue weighted by atomic mass is 9.87. The van der Waals surface area contributed by atoms with Crippen LogP contribution in [0.3, 0.4) is 0 Å². The van der Waals surface area contributed by atoms with Gasteiger partial charge in [-0.25, -0.2) is 0 Å². The third kappa shape index (κ3) is 2.16. The van der Waals surface area contributed by atoms with Crippen molar-refractivity contribution in [3.63, 3.8) is 0 Å². The molecular formula is C21H15ClO3. The molecule has 2 aliphatic rings. The first kappa shape index (κ1) is 14.8. The second-order valence-electron chi connectivity index (χ2n) is 6.43. The number of ketones is 1. The van der Waals surface area contributed by atoms with E-state index in [0.717, 1.165) is 46.6 Å². The lowest BCUT2D eigenvalue weighted by Gasteiger charge is -2.26. The fourth-order valence-corrected chi connectivity index (χ4v) is 4.04. The van der Waals surface area contributed by atoms with Crippen LogP contribution in [0.5, 0.6) is 5.75 Å². The second kappa shape index (κ2) is 5.50. The smallest absolute Gasteiger partial charge is 0.183 e. The van der Waals surface area contributed by atoms with Gasteiger partial charge in [-0.3, -0.25) is 4.79 Å². The van der Waals surface area contributed by atoms with Gasteiger partial charge in [0.05, 0.1) is 5.56 Å². The highest BCUT2D eigenvalue weighted by Crippen LogP contribution is 2.50. The van der Waals surface area contributed by atoms with Crippen LogP contribution in [-0.4, -0.2) is 5.78 Å². The van der Waals surface area contributed by atoms with Gasteiger partial charge in [-0.05, 0) is 18.6 Å². The number of halogens is 1. The number of benzene rings is 2. The molecule has 0 saturated carbocycles. The Morgan fingerprint density at radius 1 is 0.960 bits per heavy atom. The summed E-state index contributed by atoms with van der Waals surface area (Å²) >= 11 is 6.42. The third-order valence-corrected chi connectivity index (χ3v) is 5.27. The molecule has 0 amide bonds. The van der Waals surface area contributed by atoms with Crippen molar-refractivity contribution in [2.75, 3.05) is 0 Å². The maximum absolute atomic E-state index is 12.6. The summed E-state index contributed by atoms with van der Waals surface area (Å²) in [6.07, 6.45) is 1.74. The lowest BCUT2D eigenvalue weighted by molar-refractivity contribution is 0.0970. The SMILES string of the molecule is O=C1CCCc2oc3c(c21)-c1ccccc1OC3c1ccccc1Cl. The maximum atomic E-state index is 12.6. The van der Waals surface area contributed by atoms with E-state index in [1.54, 1.807) is 0 Å². The van der Waals surface area contributed by atoms with Crippen molar-refractivity contribution >= 4 is 17.4 Å². The number of rotatable bonds is 1. The number of fused-ring (bicyclic) bond motifs is 5. The lowest BCUT2D eigenvalue weighted by Crippen LogP contribution is -2.16. The van der Waals surface area contributed by atoms with E-state index in [2.05, 4.69) is 0 Å². The molecule has 1 aliphatic heterocycles. The summed E-state index contributed by atoms with van der Waals surface area (Å²) in [6, 6.07) is 15.4. The van der Waals surface area contributed by atoms with Crippen LogP contribution >= 0.6 is 11.6 Å². The van der Waals surface area contributed by atoms with Crippen molar-refractivity contribution in [2.45, 2.75) is 25.4 Å². The Hall–Kier alpha value is -2.52. The molecule has 0 N–H and O–H groups in total. The summed E-state index contributed by atoms with van der Waals surface area (Å²) < 4.78 is 12.4. The first-order chi connectivity index (χ1) is 12.2. The summed E-state index contributed by atoms with van der Waals surface area (Å²) in [6.45, 7) is 0. The summed E-state index contributed by atoms with van der Waals surface area (Å²) in [5.74, 6) is 2.37. The maximum Gasteiger partial charge on any atom is 0.183 e. The van der Waals surface area contributed by atoms with Gasteiger partial charge in [0.25, 0.3) is 0 Å². The molecule has 5 rings (SSSR count). The molecule has 1 aliphatic carbocycles. The zero-order chi connectivity index (χ0) is 17.0. The van der Waals surface area contributed by atoms with Crippen LogP contribution in [0.2, 0.25) is 5.02 Å². The first-order valence-electron chi connectivity index (χ1n) is 8.43. The quantitative estimate of drug-likeness (QED) is 0.573. The van der Waals surface area contributed by atoms with E-state index in [-0.39, 0.29) is 5.78 Å². The Balaban J connectivity index is 1.80. The Morgan fingerprint density at radius 3 is 2.64 bits per heavy atom. The Labute approximate surface area is 150 Å². The fourth-order valence-electron chi connectivity index (χ4n) is 3.80. The highest BCUT2D eigenvalue weighted by Gasteiger charge is 2.38. The monoisotopic (exact) mass is 350 g/mol. The van der Waals surface area contributed by atoms with Crippen LogP contribution in [0.1, 0.15) is 46.4 Å². The number of carbonyl (C=O) groups is 1. The van der Waals surface area contributed by atoms with Crippen molar-refractivity contribution in [3.05, 3.63) is 76.2 Å². The number of hydrogen-bond donors (Lipinski definition) is 0. The molecular weight excluding hydrogens is 336 g/mol. The minimum absolute atomic E-state index is 0.154. The molecule has 0 fully saturated rings. The zero-order valence-corrected chi connectivity index (χ0v) is 14.2. The van der Waals surface area contributed by atoms with Gasteiger partial charge in [0.15, 0.2) is 17.6 Å². The molecule has 3 aromatic rings. The third-order valence-electron chi connectivity index (χ3n) is 4.92. The van der Waals surface area contributed by atoms with Crippen molar-refractivity contribution in [3.8, 4) is 16.9 Å². The van der Waals surface area contributed by atoms with E-state index in [9.17, 15) is 4.79 Å². The minimum Gasteiger partial charge on any atom is -0.477 e. The van der Waals surface area contributed by atoms with Crippen LogP contribution in [0, 0.1) is 0 Å². The normalized spacial score (nSPS) is 18.1. The first-order valence-corrected chi connectivity index (χ1v) is 8.81. The van der Waals surface area contributed by atoms with Crippen LogP contribution in [0.25, 0.3) is 11.1 Å². The van der Waals surface area contributed by atoms with Gasteiger partial charge < -0.3 is 9.15 Å². The zero-order valence-electron chi connectivity index (χ0n) is 13.4. The predicted molar refractivity (Wildman–Crippen MR) is 95.3 cm³/mol. The average Bonchev–Trinajstić information content (AvgIpc) is 3.03. The molecule has 0 spiro atoms. The molecule has 2 aromatic carbocycles. The molecule has 0 radical (unpaired) electrons. The second-order valence-corrected chi connectivity index (χ2v) is 6.84. The van der Waals surface area contributed by atoms with Crippen molar-refractivity contribution in [1.82, 2.24) is 0 Å². The molecule has 0 bridgehead atoms. The van der Waals surface area contributed by atoms with Crippen molar-refractivity contribution < 1.29 is 13.9 Å². The summed E-state index contributed by atoms with van der Waals surface area (Å²) in [4.78, 5) is 12.6. The molecule has 124 valence electrons. The minimum atomic E-state index is -0.447. The number of ether oxygens (including phenoxy) is 1. The van der Waals surface area contributed by atoms with Gasteiger partial charge >= 0.3 is 0 Å². The predicted octanol–water partition coefficient (Wildman–Crippen LogP) is 5.60. The van der Waals surface area contributed by atoms with Gasteiger partial charge in [-0.1, -0.05) is 48.0 Å². The highest BCUT2D eigenvalue weighted by atomic mass is 35.5. The van der Waals surface area contributed by atoms with E-state index in [4.69, 9.17) is 20.8 Å². The summed E-state index contributed by atoms with van der Waals surface area (Å²) in [5, 5.41) is 0.624. The topological polar surface area (TPSA) is 39.4 Å². The van der Waals surface area contributed by atoms with E-state index >= 15 is 0 Å². The number of hydrogen-bond acceptors (Lipinski definition) is 3. The van der Waals surface area contributed by atoms with E-state index in [1.165, 1.54) is 0 Å². The summed E-state index contributed by atoms with van der Waals surface area (Å²) in [5.41, 5.74) is 3.38. The number of furan rings is 1. The molecule has 25 heavy (non-hydrogen) atoms. The molecule has 3 nitrogen and oxygen atoms in total. The van der Waals surface area contributed by atoms with Crippen LogP contribution in [0.15, 0.2) is 52.9 Å². The highest BCUT2D eigenvalue weighted by molar-refractivity contribution is 6.31. The number of carbonyl (C=O) groups excluding carboxylic acids is 1. The molecule has 1 atom stereocenters. The van der Waals surface area contributed by atoms with Gasteiger partial charge in [-0.15, -0.1) is 0 Å². The van der Waals surface area contributed by atoms with Crippen LogP contribution in [0.4, 0.5) is 0 Å². The molecule has 1 unspecified atom stereocenters. The van der Waals surface area contributed by atoms with Crippen LogP contribution < -0.4 is 4.74 Å². The van der Waals surface area contributed by atoms with Crippen molar-refractivity contribution in [1.29, 1.82) is 0 Å². The van der Waals surface area contributed by atoms with Gasteiger partial charge in [-0.2, -0.15) is 0 Å². The van der Waals surface area contributed by atoms with Gasteiger partial charge in [0, 0.05) is 34.6 Å². The Bertz CT molecular complexity index is 1000. The van der Waals surface area contributed by atoms with E-state index < -0.39 is 6.10 Å². The number of Topliss-reactive ketones (excluding diaryl/α,β-unsaturated/α-hetero) is 1. The molecule has 2 heterocycles. The Kier molecular flexibility index (Phi) is 3.25. The molecule has 4 heteroatoms. The van der Waals surface area contributed by atoms with E-state index in [1.807, 2.05) is 48.5 Å². The molecule has 0 saturated heterocycles. The van der Waals surface area contributed by atoms with Gasteiger partial charge in [0.1, 0.15) is 11.5 Å². The standard InChI is InChI=1S/C21H15ClO3/c22-14-8-3-1-6-12(14)20-21-18(13-7-2-4-10-16(13)24-20)19-15(23)9-5-11-17(19)25-21/h1-4,6-8,10,20H,5,9,11H2. The van der Waals surface area contributed by atoms with Gasteiger partial charge in [0.2, 0.25) is 0 Å². The van der Waals surface area contributed by atoms with Crippen LogP contribution in [-0.2, 0) is 6.42 Å². The Morgan fingerprint density at radius 2 is 1.76 bits per heavy atom. The number of para-hydroxylation sites is 1. The fraction of sp³-hybridized carbons (Fsp3) is 0.190. The number of aryl methyl sites for hydroxylation is 1. The largest absolute Gasteiger partial charge is 0.477 e. The molecule has 1 aromatic heterocycles.